The maximum Gasteiger partial charge on any atom is 0.415 e. The summed E-state index contributed by atoms with van der Waals surface area (Å²) in [4.78, 5) is 42.8. The lowest BCUT2D eigenvalue weighted by molar-refractivity contribution is -0.119. The maximum atomic E-state index is 12.7. The Hall–Kier alpha value is -3.95. The van der Waals surface area contributed by atoms with E-state index >= 15 is 0 Å². The number of aromatic amines is 1. The van der Waals surface area contributed by atoms with Crippen LogP contribution in [0.1, 0.15) is 46.4 Å². The van der Waals surface area contributed by atoms with Crippen LogP contribution in [-0.4, -0.2) is 49.2 Å². The Morgan fingerprint density at radius 3 is 2.65 bits per heavy atom. The Bertz CT molecular complexity index is 1400. The highest BCUT2D eigenvalue weighted by molar-refractivity contribution is 6.09. The fraction of sp³-hybridized carbons (Fsp3) is 0.375. The van der Waals surface area contributed by atoms with E-state index in [1.807, 2.05) is 63.6 Å². The first-order chi connectivity index (χ1) is 15.9. The lowest BCUT2D eigenvalue weighted by Crippen LogP contribution is -2.34. The Morgan fingerprint density at radius 2 is 1.97 bits per heavy atom. The highest BCUT2D eigenvalue weighted by Crippen LogP contribution is 2.33. The molecule has 0 fully saturated rings. The molecule has 34 heavy (non-hydrogen) atoms. The van der Waals surface area contributed by atoms with Crippen molar-refractivity contribution in [2.45, 2.75) is 46.3 Å². The van der Waals surface area contributed by atoms with Crippen LogP contribution in [0.3, 0.4) is 0 Å². The molecule has 10 nitrogen and oxygen atoms in total. The number of H-pyrrole nitrogens is 1. The smallest absolute Gasteiger partial charge is 0.415 e. The summed E-state index contributed by atoms with van der Waals surface area (Å²) in [6, 6.07) is 7.41. The van der Waals surface area contributed by atoms with E-state index in [9.17, 15) is 9.59 Å². The number of hydrogen-bond donors (Lipinski definition) is 2. The second kappa shape index (κ2) is 8.44. The number of nitrogens with one attached hydrogen (secondary N) is 2. The average Bonchev–Trinajstić information content (AvgIpc) is 3.34. The summed E-state index contributed by atoms with van der Waals surface area (Å²) in [5.41, 5.74) is 3.61. The Balaban J connectivity index is 1.81. The molecule has 0 aromatic carbocycles. The summed E-state index contributed by atoms with van der Waals surface area (Å²) >= 11 is 0. The monoisotopic (exact) mass is 463 g/mol. The predicted octanol–water partition coefficient (Wildman–Crippen LogP) is 4.08. The van der Waals surface area contributed by atoms with E-state index in [4.69, 9.17) is 14.7 Å². The van der Waals surface area contributed by atoms with Gasteiger partial charge in [0.25, 0.3) is 0 Å². The van der Waals surface area contributed by atoms with Gasteiger partial charge in [-0.3, -0.25) is 9.69 Å². The Labute approximate surface area is 197 Å². The van der Waals surface area contributed by atoms with Crippen LogP contribution in [0, 0.1) is 0 Å². The molecule has 0 saturated heterocycles. The van der Waals surface area contributed by atoms with Crippen LogP contribution < -0.4 is 10.2 Å². The number of carbonyl (C=O) groups is 2. The lowest BCUT2D eigenvalue weighted by Gasteiger charge is -2.24. The van der Waals surface area contributed by atoms with Gasteiger partial charge in [0.05, 0.1) is 35.0 Å². The minimum Gasteiger partial charge on any atom is -0.443 e. The fourth-order valence-electron chi connectivity index (χ4n) is 3.79. The number of fused-ring (bicyclic) bond motifs is 3. The molecule has 0 aliphatic rings. The molecule has 4 heterocycles. The predicted molar refractivity (Wildman–Crippen MR) is 130 cm³/mol. The summed E-state index contributed by atoms with van der Waals surface area (Å²) in [6.45, 7) is 8.82. The van der Waals surface area contributed by atoms with Gasteiger partial charge in [0.15, 0.2) is 5.82 Å². The molecule has 1 atom stereocenters. The molecule has 2 amide bonds. The van der Waals surface area contributed by atoms with Gasteiger partial charge in [0.2, 0.25) is 5.91 Å². The Morgan fingerprint density at radius 1 is 1.24 bits per heavy atom. The summed E-state index contributed by atoms with van der Waals surface area (Å²) in [6.07, 6.45) is 1.18. The van der Waals surface area contributed by atoms with Crippen molar-refractivity contribution in [2.75, 3.05) is 11.9 Å². The van der Waals surface area contributed by atoms with Gasteiger partial charge in [-0.1, -0.05) is 6.07 Å². The van der Waals surface area contributed by atoms with Crippen molar-refractivity contribution in [3.63, 3.8) is 0 Å². The minimum absolute atomic E-state index is 0.116. The highest BCUT2D eigenvalue weighted by Gasteiger charge is 2.25. The normalized spacial score (nSPS) is 12.7. The lowest BCUT2D eigenvalue weighted by atomic mass is 10.1. The third-order valence-corrected chi connectivity index (χ3v) is 5.31. The number of rotatable bonds is 4. The number of imidazole rings is 1. The van der Waals surface area contributed by atoms with Crippen molar-refractivity contribution in [2.24, 2.45) is 7.05 Å². The molecule has 0 spiro atoms. The number of hydrogen-bond acceptors (Lipinski definition) is 6. The summed E-state index contributed by atoms with van der Waals surface area (Å²) in [5.74, 6) is 0.279. The molecular formula is C24H29N7O3. The highest BCUT2D eigenvalue weighted by atomic mass is 16.6. The van der Waals surface area contributed by atoms with Gasteiger partial charge in [0, 0.05) is 26.4 Å². The first-order valence-electron chi connectivity index (χ1n) is 11.0. The molecule has 4 aromatic rings. The van der Waals surface area contributed by atoms with E-state index in [2.05, 4.69) is 15.3 Å². The van der Waals surface area contributed by atoms with E-state index in [0.717, 1.165) is 22.3 Å². The first kappa shape index (κ1) is 23.2. The number of pyridine rings is 2. The van der Waals surface area contributed by atoms with Gasteiger partial charge in [-0.15, -0.1) is 0 Å². The summed E-state index contributed by atoms with van der Waals surface area (Å²) in [5, 5.41) is 3.71. The van der Waals surface area contributed by atoms with Crippen LogP contribution in [0.5, 0.6) is 0 Å². The van der Waals surface area contributed by atoms with Crippen LogP contribution in [0.25, 0.3) is 33.5 Å². The molecule has 0 radical (unpaired) electrons. The molecule has 178 valence electrons. The SMILES string of the molecule is CC(=O)NC(C)c1cccc(-c2cc3c(nc(N(C)C(=O)OC(C)(C)C)c4ncn(C)c43)[nH]2)n1. The number of carbonyl (C=O) groups excluding carboxylic acids is 2. The summed E-state index contributed by atoms with van der Waals surface area (Å²) < 4.78 is 7.42. The molecule has 1 unspecified atom stereocenters. The van der Waals surface area contributed by atoms with Crippen LogP contribution in [0.15, 0.2) is 30.6 Å². The molecular weight excluding hydrogens is 434 g/mol. The van der Waals surface area contributed by atoms with E-state index in [1.54, 1.807) is 13.4 Å². The van der Waals surface area contributed by atoms with Gasteiger partial charge >= 0.3 is 6.09 Å². The Kier molecular flexibility index (Phi) is 5.76. The molecule has 0 aliphatic heterocycles. The zero-order chi connectivity index (χ0) is 24.8. The number of amides is 2. The third-order valence-electron chi connectivity index (χ3n) is 5.31. The van der Waals surface area contributed by atoms with Crippen molar-refractivity contribution < 1.29 is 14.3 Å². The molecule has 4 aromatic heterocycles. The van der Waals surface area contributed by atoms with Crippen molar-refractivity contribution in [3.05, 3.63) is 36.3 Å². The molecule has 10 heteroatoms. The van der Waals surface area contributed by atoms with Crippen molar-refractivity contribution in [3.8, 4) is 11.4 Å². The topological polar surface area (TPSA) is 118 Å². The van der Waals surface area contributed by atoms with E-state index < -0.39 is 11.7 Å². The number of ether oxygens (including phenoxy) is 1. The number of nitrogens with zero attached hydrogens (tertiary/aromatic N) is 5. The van der Waals surface area contributed by atoms with Crippen molar-refractivity contribution in [1.82, 2.24) is 29.8 Å². The maximum absolute atomic E-state index is 12.7. The average molecular weight is 464 g/mol. The molecule has 0 aliphatic carbocycles. The van der Waals surface area contributed by atoms with Crippen LogP contribution >= 0.6 is 0 Å². The fourth-order valence-corrected chi connectivity index (χ4v) is 3.79. The standard InChI is InChI=1S/C24H29N7O3/c1-13(26-14(2)32)16-9-8-10-17(27-16)18-11-15-20-19(25-12-30(20)6)22(29-21(15)28-18)31(7)23(33)34-24(3,4)5/h8-13H,1-7H3,(H,26,32)(H,28,29). The van der Waals surface area contributed by atoms with Gasteiger partial charge in [0.1, 0.15) is 16.8 Å². The van der Waals surface area contributed by atoms with Crippen molar-refractivity contribution >= 4 is 39.9 Å². The van der Waals surface area contributed by atoms with Gasteiger partial charge < -0.3 is 19.6 Å². The van der Waals surface area contributed by atoms with E-state index in [1.165, 1.54) is 11.8 Å². The third kappa shape index (κ3) is 4.43. The minimum atomic E-state index is -0.636. The molecule has 4 rings (SSSR count). The number of anilines is 1. The first-order valence-corrected chi connectivity index (χ1v) is 11.0. The van der Waals surface area contributed by atoms with Gasteiger partial charge in [-0.05, 0) is 45.9 Å². The second-order valence-corrected chi connectivity index (χ2v) is 9.34. The second-order valence-electron chi connectivity index (χ2n) is 9.34. The van der Waals surface area contributed by atoms with E-state index in [0.29, 0.717) is 22.7 Å². The van der Waals surface area contributed by atoms with E-state index in [-0.39, 0.29) is 11.9 Å². The van der Waals surface area contributed by atoms with Crippen LogP contribution in [0.4, 0.5) is 10.6 Å². The van der Waals surface area contributed by atoms with Gasteiger partial charge in [-0.2, -0.15) is 0 Å². The van der Waals surface area contributed by atoms with Crippen molar-refractivity contribution in [1.29, 1.82) is 0 Å². The van der Waals surface area contributed by atoms with Gasteiger partial charge in [-0.25, -0.2) is 19.7 Å². The van der Waals surface area contributed by atoms with Crippen LogP contribution in [0.2, 0.25) is 0 Å². The zero-order valence-electron chi connectivity index (χ0n) is 20.4. The summed E-state index contributed by atoms with van der Waals surface area (Å²) in [7, 11) is 3.52. The quantitative estimate of drug-likeness (QED) is 0.471. The number of aromatic nitrogens is 5. The number of aryl methyl sites for hydroxylation is 1. The van der Waals surface area contributed by atoms with Crippen LogP contribution in [-0.2, 0) is 16.6 Å². The molecule has 0 bridgehead atoms. The zero-order valence-corrected chi connectivity index (χ0v) is 20.4. The molecule has 2 N–H and O–H groups in total. The molecule has 0 saturated carbocycles. The largest absolute Gasteiger partial charge is 0.443 e.